The van der Waals surface area contributed by atoms with Crippen LogP contribution in [-0.2, 0) is 9.47 Å². The van der Waals surface area contributed by atoms with Crippen molar-refractivity contribution in [2.75, 3.05) is 26.9 Å². The van der Waals surface area contributed by atoms with Gasteiger partial charge in [-0.2, -0.15) is 0 Å². The Bertz CT molecular complexity index is 372. The van der Waals surface area contributed by atoms with Gasteiger partial charge in [0, 0.05) is 38.0 Å². The van der Waals surface area contributed by atoms with Crippen LogP contribution in [0.15, 0.2) is 11.4 Å². The van der Waals surface area contributed by atoms with Gasteiger partial charge < -0.3 is 14.8 Å². The van der Waals surface area contributed by atoms with E-state index in [-0.39, 0.29) is 11.6 Å². The minimum absolute atomic E-state index is 0.125. The average Bonchev–Trinajstić information content (AvgIpc) is 2.83. The monoisotopic (exact) mass is 269 g/mol. The van der Waals surface area contributed by atoms with Gasteiger partial charge >= 0.3 is 0 Å². The van der Waals surface area contributed by atoms with Crippen molar-refractivity contribution in [1.82, 2.24) is 5.32 Å². The molecule has 1 aromatic heterocycles. The Morgan fingerprint density at radius 2 is 2.22 bits per heavy atom. The molecule has 1 aromatic rings. The molecule has 1 unspecified atom stereocenters. The standard InChI is InChI=1S/C14H23NO2S/c1-4-15-13(12-5-10-18-11(12)2)14(16-3)6-8-17-9-7-14/h5,10,13,15H,4,6-9H2,1-3H3. The zero-order valence-electron chi connectivity index (χ0n) is 11.5. The largest absolute Gasteiger partial charge is 0.381 e. The first-order chi connectivity index (χ1) is 8.73. The van der Waals surface area contributed by atoms with Crippen molar-refractivity contribution in [2.24, 2.45) is 0 Å². The Morgan fingerprint density at radius 1 is 1.50 bits per heavy atom. The summed E-state index contributed by atoms with van der Waals surface area (Å²) in [6.07, 6.45) is 1.91. The fraction of sp³-hybridized carbons (Fsp3) is 0.714. The SMILES string of the molecule is CCNC(c1ccsc1C)C1(OC)CCOCC1. The second kappa shape index (κ2) is 6.15. The van der Waals surface area contributed by atoms with Crippen molar-refractivity contribution in [2.45, 2.75) is 38.3 Å². The molecular formula is C14H23NO2S. The van der Waals surface area contributed by atoms with Gasteiger partial charge in [0.2, 0.25) is 0 Å². The molecule has 1 N–H and O–H groups in total. The van der Waals surface area contributed by atoms with Crippen LogP contribution in [0.1, 0.15) is 36.2 Å². The lowest BCUT2D eigenvalue weighted by molar-refractivity contribution is -0.111. The molecular weight excluding hydrogens is 246 g/mol. The second-order valence-corrected chi connectivity index (χ2v) is 5.92. The Hall–Kier alpha value is -0.420. The number of hydrogen-bond donors (Lipinski definition) is 1. The van der Waals surface area contributed by atoms with Gasteiger partial charge in [0.1, 0.15) is 0 Å². The van der Waals surface area contributed by atoms with E-state index >= 15 is 0 Å². The molecule has 1 fully saturated rings. The average molecular weight is 269 g/mol. The van der Waals surface area contributed by atoms with Crippen LogP contribution in [-0.4, -0.2) is 32.5 Å². The third-order valence-electron chi connectivity index (χ3n) is 3.89. The van der Waals surface area contributed by atoms with E-state index in [2.05, 4.69) is 30.6 Å². The zero-order chi connectivity index (χ0) is 13.0. The van der Waals surface area contributed by atoms with Crippen molar-refractivity contribution in [3.05, 3.63) is 21.9 Å². The second-order valence-electron chi connectivity index (χ2n) is 4.80. The molecule has 0 spiro atoms. The number of rotatable bonds is 5. The van der Waals surface area contributed by atoms with E-state index in [1.54, 1.807) is 11.3 Å². The van der Waals surface area contributed by atoms with Gasteiger partial charge in [-0.1, -0.05) is 6.92 Å². The number of methoxy groups -OCH3 is 1. The minimum atomic E-state index is -0.125. The van der Waals surface area contributed by atoms with Crippen molar-refractivity contribution < 1.29 is 9.47 Å². The molecule has 0 radical (unpaired) electrons. The van der Waals surface area contributed by atoms with Gasteiger partial charge in [0.25, 0.3) is 0 Å². The van der Waals surface area contributed by atoms with Crippen molar-refractivity contribution in [3.8, 4) is 0 Å². The molecule has 3 nitrogen and oxygen atoms in total. The van der Waals surface area contributed by atoms with Crippen molar-refractivity contribution in [3.63, 3.8) is 0 Å². The third-order valence-corrected chi connectivity index (χ3v) is 4.75. The first-order valence-electron chi connectivity index (χ1n) is 6.64. The fourth-order valence-electron chi connectivity index (χ4n) is 2.81. The van der Waals surface area contributed by atoms with Crippen LogP contribution in [0.2, 0.25) is 0 Å². The zero-order valence-corrected chi connectivity index (χ0v) is 12.3. The smallest absolute Gasteiger partial charge is 0.0916 e. The summed E-state index contributed by atoms with van der Waals surface area (Å²) in [6, 6.07) is 2.49. The number of hydrogen-bond acceptors (Lipinski definition) is 4. The van der Waals surface area contributed by atoms with E-state index in [4.69, 9.17) is 9.47 Å². The number of likely N-dealkylation sites (N-methyl/N-ethyl adjacent to an activating group) is 1. The van der Waals surface area contributed by atoms with Gasteiger partial charge in [-0.15, -0.1) is 11.3 Å². The normalized spacial score (nSPS) is 20.8. The summed E-state index contributed by atoms with van der Waals surface area (Å²) in [4.78, 5) is 1.38. The molecule has 1 aliphatic rings. The first kappa shape index (κ1) is 14.0. The van der Waals surface area contributed by atoms with Crippen LogP contribution in [0.25, 0.3) is 0 Å². The fourth-order valence-corrected chi connectivity index (χ4v) is 3.55. The van der Waals surface area contributed by atoms with E-state index in [9.17, 15) is 0 Å². The third kappa shape index (κ3) is 2.62. The van der Waals surface area contributed by atoms with Gasteiger partial charge in [-0.25, -0.2) is 0 Å². The molecule has 102 valence electrons. The number of thiophene rings is 1. The Morgan fingerprint density at radius 3 is 2.72 bits per heavy atom. The molecule has 2 heterocycles. The molecule has 4 heteroatoms. The van der Waals surface area contributed by atoms with Gasteiger partial charge in [0.05, 0.1) is 11.6 Å². The molecule has 1 atom stereocenters. The summed E-state index contributed by atoms with van der Waals surface area (Å²) < 4.78 is 11.4. The highest BCUT2D eigenvalue weighted by Gasteiger charge is 2.41. The van der Waals surface area contributed by atoms with Crippen LogP contribution in [0, 0.1) is 6.92 Å². The molecule has 1 aliphatic heterocycles. The number of ether oxygens (including phenoxy) is 2. The van der Waals surface area contributed by atoms with E-state index in [1.165, 1.54) is 10.4 Å². The Kier molecular flexibility index (Phi) is 4.78. The first-order valence-corrected chi connectivity index (χ1v) is 7.52. The number of nitrogens with one attached hydrogen (secondary N) is 1. The summed E-state index contributed by atoms with van der Waals surface area (Å²) in [5, 5.41) is 5.78. The maximum Gasteiger partial charge on any atom is 0.0916 e. The van der Waals surface area contributed by atoms with Crippen LogP contribution in [0.4, 0.5) is 0 Å². The van der Waals surface area contributed by atoms with Crippen LogP contribution in [0.3, 0.4) is 0 Å². The van der Waals surface area contributed by atoms with E-state index in [0.717, 1.165) is 32.6 Å². The van der Waals surface area contributed by atoms with E-state index in [1.807, 2.05) is 7.11 Å². The Labute approximate surface area is 113 Å². The molecule has 18 heavy (non-hydrogen) atoms. The van der Waals surface area contributed by atoms with Crippen LogP contribution >= 0.6 is 11.3 Å². The maximum atomic E-state index is 5.93. The van der Waals surface area contributed by atoms with Crippen LogP contribution in [0.5, 0.6) is 0 Å². The molecule has 0 aliphatic carbocycles. The summed E-state index contributed by atoms with van der Waals surface area (Å²) in [7, 11) is 1.83. The van der Waals surface area contributed by atoms with Crippen LogP contribution < -0.4 is 5.32 Å². The summed E-state index contributed by atoms with van der Waals surface area (Å²) >= 11 is 1.80. The molecule has 1 saturated heterocycles. The quantitative estimate of drug-likeness (QED) is 0.891. The van der Waals surface area contributed by atoms with Gasteiger partial charge in [-0.3, -0.25) is 0 Å². The van der Waals surface area contributed by atoms with Crippen molar-refractivity contribution in [1.29, 1.82) is 0 Å². The predicted molar refractivity (Wildman–Crippen MR) is 75.3 cm³/mol. The maximum absolute atomic E-state index is 5.93. The topological polar surface area (TPSA) is 30.5 Å². The molecule has 2 rings (SSSR count). The van der Waals surface area contributed by atoms with Gasteiger partial charge in [0.15, 0.2) is 0 Å². The van der Waals surface area contributed by atoms with E-state index < -0.39 is 0 Å². The summed E-state index contributed by atoms with van der Waals surface area (Å²) in [6.45, 7) is 6.87. The lowest BCUT2D eigenvalue weighted by atomic mass is 9.82. The minimum Gasteiger partial charge on any atom is -0.381 e. The number of aryl methyl sites for hydroxylation is 1. The van der Waals surface area contributed by atoms with E-state index in [0.29, 0.717) is 0 Å². The molecule has 0 aromatic carbocycles. The lowest BCUT2D eigenvalue weighted by Gasteiger charge is -2.42. The Balaban J connectivity index is 2.30. The lowest BCUT2D eigenvalue weighted by Crippen LogP contribution is -2.49. The highest BCUT2D eigenvalue weighted by molar-refractivity contribution is 7.10. The van der Waals surface area contributed by atoms with Gasteiger partial charge in [-0.05, 0) is 30.5 Å². The molecule has 0 saturated carbocycles. The molecule has 0 bridgehead atoms. The molecule has 0 amide bonds. The summed E-state index contributed by atoms with van der Waals surface area (Å²) in [5.74, 6) is 0. The summed E-state index contributed by atoms with van der Waals surface area (Å²) in [5.41, 5.74) is 1.26. The predicted octanol–water partition coefficient (Wildman–Crippen LogP) is 2.90. The van der Waals surface area contributed by atoms with Crippen molar-refractivity contribution >= 4 is 11.3 Å². The highest BCUT2D eigenvalue weighted by Crippen LogP contribution is 2.39. The highest BCUT2D eigenvalue weighted by atomic mass is 32.1.